The molecule has 0 aliphatic heterocycles. The largest absolute Gasteiger partial charge is 0.507 e. The zero-order valence-corrected chi connectivity index (χ0v) is 33.6. The number of aryl methyl sites for hydroxylation is 3. The van der Waals surface area contributed by atoms with Crippen molar-refractivity contribution in [3.05, 3.63) is 167 Å². The van der Waals surface area contributed by atoms with Crippen LogP contribution in [0.3, 0.4) is 0 Å². The predicted octanol–water partition coefficient (Wildman–Crippen LogP) is 13.8. The lowest BCUT2D eigenvalue weighted by atomic mass is 9.83. The Hall–Kier alpha value is -6.26. The molecule has 8 aromatic rings. The molecule has 1 N–H and O–H groups in total. The quantitative estimate of drug-likeness (QED) is 0.177. The number of rotatable bonds is 7. The molecule has 0 spiro atoms. The third-order valence-electron chi connectivity index (χ3n) is 10.8. The van der Waals surface area contributed by atoms with Gasteiger partial charge in [0.05, 0.1) is 22.3 Å². The number of nitrogens with zero attached hydrogens (tertiary/aromatic N) is 3. The second-order valence-electron chi connectivity index (χ2n) is 16.4. The van der Waals surface area contributed by atoms with Gasteiger partial charge in [0.1, 0.15) is 11.6 Å². The number of aromatic nitrogens is 3. The molecule has 56 heavy (non-hydrogen) atoms. The molecule has 2 heterocycles. The first-order valence-corrected chi connectivity index (χ1v) is 19.4. The minimum absolute atomic E-state index is 0.136. The lowest BCUT2D eigenvalue weighted by Crippen LogP contribution is -2.11. The standard InChI is InChI=1S/C52H49N3O/c1-32(2)45-31-42(21-22-43(45)37-13-10-9-11-14-37)55-48-16-12-15-44(49(48)54-51(55)46-26-34(4)25-35(5)50(46)56)39-27-40(29-41(28-39)52(6,7)8)47-30-38(23-24-53-47)36-19-17-33(3)18-20-36/h9-32,56H,1-8H3/i32D. The number of benzene rings is 6. The Morgan fingerprint density at radius 1 is 0.625 bits per heavy atom. The van der Waals surface area contributed by atoms with Crippen LogP contribution in [0.5, 0.6) is 5.75 Å². The smallest absolute Gasteiger partial charge is 0.149 e. The number of fused-ring (bicyclic) bond motifs is 1. The highest BCUT2D eigenvalue weighted by molar-refractivity contribution is 5.97. The van der Waals surface area contributed by atoms with Crippen LogP contribution < -0.4 is 0 Å². The van der Waals surface area contributed by atoms with Gasteiger partial charge in [0.2, 0.25) is 0 Å². The number of phenols is 1. The summed E-state index contributed by atoms with van der Waals surface area (Å²) in [6, 6.07) is 46.6. The molecule has 4 heteroatoms. The fourth-order valence-electron chi connectivity index (χ4n) is 7.74. The van der Waals surface area contributed by atoms with Crippen molar-refractivity contribution in [2.75, 3.05) is 0 Å². The fourth-order valence-corrected chi connectivity index (χ4v) is 7.74. The van der Waals surface area contributed by atoms with Gasteiger partial charge >= 0.3 is 0 Å². The maximum atomic E-state index is 11.7. The third-order valence-corrected chi connectivity index (χ3v) is 10.8. The van der Waals surface area contributed by atoms with Gasteiger partial charge in [-0.25, -0.2) is 4.98 Å². The monoisotopic (exact) mass is 732 g/mol. The van der Waals surface area contributed by atoms with Gasteiger partial charge in [-0.3, -0.25) is 9.55 Å². The summed E-state index contributed by atoms with van der Waals surface area (Å²) in [6.45, 7) is 16.7. The van der Waals surface area contributed by atoms with Gasteiger partial charge in [-0.05, 0) is 131 Å². The van der Waals surface area contributed by atoms with Crippen LogP contribution in [-0.4, -0.2) is 19.6 Å². The zero-order chi connectivity index (χ0) is 40.2. The van der Waals surface area contributed by atoms with Gasteiger partial charge in [0.25, 0.3) is 0 Å². The van der Waals surface area contributed by atoms with Crippen LogP contribution >= 0.6 is 0 Å². The van der Waals surface area contributed by atoms with E-state index in [9.17, 15) is 6.48 Å². The summed E-state index contributed by atoms with van der Waals surface area (Å²) in [5.74, 6) is -0.0423. The second-order valence-corrected chi connectivity index (χ2v) is 16.4. The Kier molecular flexibility index (Phi) is 9.13. The van der Waals surface area contributed by atoms with E-state index in [1.807, 2.05) is 64.2 Å². The third kappa shape index (κ3) is 6.92. The van der Waals surface area contributed by atoms with Crippen LogP contribution in [0.25, 0.3) is 72.7 Å². The summed E-state index contributed by atoms with van der Waals surface area (Å²) in [7, 11) is 0. The molecule has 0 amide bonds. The highest BCUT2D eigenvalue weighted by Gasteiger charge is 2.24. The first-order valence-electron chi connectivity index (χ1n) is 19.9. The van der Waals surface area contributed by atoms with Crippen LogP contribution in [0.4, 0.5) is 0 Å². The summed E-state index contributed by atoms with van der Waals surface area (Å²) in [4.78, 5) is 10.3. The molecular weight excluding hydrogens is 683 g/mol. The zero-order valence-electron chi connectivity index (χ0n) is 34.6. The number of pyridine rings is 1. The molecule has 0 bridgehead atoms. The molecule has 4 nitrogen and oxygen atoms in total. The summed E-state index contributed by atoms with van der Waals surface area (Å²) < 4.78 is 11.4. The lowest BCUT2D eigenvalue weighted by Gasteiger charge is -2.22. The molecule has 0 aliphatic rings. The molecule has 0 unspecified atom stereocenters. The van der Waals surface area contributed by atoms with Gasteiger partial charge in [-0.1, -0.05) is 125 Å². The van der Waals surface area contributed by atoms with Crippen molar-refractivity contribution in [2.24, 2.45) is 0 Å². The summed E-state index contributed by atoms with van der Waals surface area (Å²) in [5, 5.41) is 11.7. The topological polar surface area (TPSA) is 50.9 Å². The molecule has 2 aromatic heterocycles. The van der Waals surface area contributed by atoms with Crippen LogP contribution in [0.15, 0.2) is 140 Å². The Morgan fingerprint density at radius 3 is 2.11 bits per heavy atom. The molecule has 0 radical (unpaired) electrons. The minimum Gasteiger partial charge on any atom is -0.507 e. The molecule has 0 saturated carbocycles. The maximum absolute atomic E-state index is 11.7. The average molecular weight is 733 g/mol. The number of imidazole rings is 1. The first kappa shape index (κ1) is 35.4. The Bertz CT molecular complexity index is 2780. The second kappa shape index (κ2) is 14.4. The summed E-state index contributed by atoms with van der Waals surface area (Å²) in [5.41, 5.74) is 16.6. The van der Waals surface area contributed by atoms with Crippen molar-refractivity contribution in [1.82, 2.24) is 14.5 Å². The van der Waals surface area contributed by atoms with Crippen LogP contribution in [0.1, 0.15) is 69.7 Å². The summed E-state index contributed by atoms with van der Waals surface area (Å²) >= 11 is 0. The van der Waals surface area contributed by atoms with Crippen LogP contribution in [0.2, 0.25) is 0 Å². The Balaban J connectivity index is 1.38. The molecular formula is C52H49N3O. The number of hydrogen-bond acceptors (Lipinski definition) is 3. The van der Waals surface area contributed by atoms with E-state index in [0.29, 0.717) is 11.4 Å². The van der Waals surface area contributed by atoms with Crippen LogP contribution in [0, 0.1) is 20.8 Å². The van der Waals surface area contributed by atoms with Crippen molar-refractivity contribution in [3.63, 3.8) is 0 Å². The fraction of sp³-hybridized carbons (Fsp3) is 0.192. The SMILES string of the molecule is [2H]C(C)(C)c1cc(-n2c(-c3cc(C)cc(C)c3O)nc3c(-c4cc(-c5cc(-c6ccc(C)cc6)ccn5)cc(C(C)(C)C)c4)cccc32)ccc1-c1ccccc1. The van der Waals surface area contributed by atoms with E-state index in [0.717, 1.165) is 78.0 Å². The maximum Gasteiger partial charge on any atom is 0.149 e. The first-order chi connectivity index (χ1) is 27.2. The molecule has 8 rings (SSSR count). The number of aromatic hydroxyl groups is 1. The van der Waals surface area contributed by atoms with E-state index in [-0.39, 0.29) is 11.2 Å². The van der Waals surface area contributed by atoms with Gasteiger partial charge in [0.15, 0.2) is 0 Å². The summed E-state index contributed by atoms with van der Waals surface area (Å²) in [6.07, 6.45) is 1.90. The van der Waals surface area contributed by atoms with E-state index in [1.165, 1.54) is 11.1 Å². The minimum atomic E-state index is -0.889. The van der Waals surface area contributed by atoms with Crippen LogP contribution in [-0.2, 0) is 5.41 Å². The normalized spacial score (nSPS) is 12.2. The van der Waals surface area contributed by atoms with Gasteiger partial charge in [0, 0.05) is 24.4 Å². The molecule has 0 saturated heterocycles. The lowest BCUT2D eigenvalue weighted by molar-refractivity contribution is 0.472. The molecule has 0 atom stereocenters. The van der Waals surface area contributed by atoms with Crippen molar-refractivity contribution in [3.8, 4) is 67.5 Å². The van der Waals surface area contributed by atoms with Gasteiger partial charge in [-0.15, -0.1) is 0 Å². The van der Waals surface area contributed by atoms with Crippen molar-refractivity contribution in [2.45, 2.75) is 66.7 Å². The number of phenolic OH excluding ortho intramolecular Hbond substituents is 1. The highest BCUT2D eigenvalue weighted by atomic mass is 16.3. The highest BCUT2D eigenvalue weighted by Crippen LogP contribution is 2.42. The van der Waals surface area contributed by atoms with Crippen molar-refractivity contribution >= 4 is 11.0 Å². The van der Waals surface area contributed by atoms with Gasteiger partial charge in [-0.2, -0.15) is 0 Å². The van der Waals surface area contributed by atoms with E-state index < -0.39 is 5.89 Å². The van der Waals surface area contributed by atoms with E-state index in [4.69, 9.17) is 9.97 Å². The Morgan fingerprint density at radius 2 is 1.38 bits per heavy atom. The molecule has 0 fully saturated rings. The number of hydrogen-bond donors (Lipinski definition) is 1. The van der Waals surface area contributed by atoms with E-state index in [1.54, 1.807) is 0 Å². The molecule has 0 aliphatic carbocycles. The van der Waals surface area contributed by atoms with Crippen molar-refractivity contribution < 1.29 is 6.48 Å². The van der Waals surface area contributed by atoms with E-state index >= 15 is 0 Å². The number of para-hydroxylation sites is 1. The average Bonchev–Trinajstić information content (AvgIpc) is 3.58. The van der Waals surface area contributed by atoms with E-state index in [2.05, 4.69) is 135 Å². The predicted molar refractivity (Wildman–Crippen MR) is 235 cm³/mol. The van der Waals surface area contributed by atoms with Crippen molar-refractivity contribution in [1.29, 1.82) is 0 Å². The molecule has 278 valence electrons. The molecule has 6 aromatic carbocycles. The van der Waals surface area contributed by atoms with Gasteiger partial charge < -0.3 is 5.11 Å². The Labute approximate surface area is 332 Å².